The SMILES string of the molecule is CCN(CCCN)C(=O)c1ccc2c(c1)CCC2. The largest absolute Gasteiger partial charge is 0.339 e. The smallest absolute Gasteiger partial charge is 0.253 e. The van der Waals surface area contributed by atoms with Crippen LogP contribution in [0.2, 0.25) is 0 Å². The maximum atomic E-state index is 12.4. The highest BCUT2D eigenvalue weighted by atomic mass is 16.2. The number of hydrogen-bond acceptors (Lipinski definition) is 2. The summed E-state index contributed by atoms with van der Waals surface area (Å²) in [4.78, 5) is 14.2. The fraction of sp³-hybridized carbons (Fsp3) is 0.533. The van der Waals surface area contributed by atoms with Gasteiger partial charge in [0.05, 0.1) is 0 Å². The number of nitrogens with zero attached hydrogens (tertiary/aromatic N) is 1. The van der Waals surface area contributed by atoms with Crippen molar-refractivity contribution in [2.24, 2.45) is 5.73 Å². The summed E-state index contributed by atoms with van der Waals surface area (Å²) in [5.74, 6) is 0.139. The number of fused-ring (bicyclic) bond motifs is 1. The third-order valence-electron chi connectivity index (χ3n) is 3.65. The summed E-state index contributed by atoms with van der Waals surface area (Å²) < 4.78 is 0. The summed E-state index contributed by atoms with van der Waals surface area (Å²) >= 11 is 0. The topological polar surface area (TPSA) is 46.3 Å². The van der Waals surface area contributed by atoms with Gasteiger partial charge >= 0.3 is 0 Å². The van der Waals surface area contributed by atoms with Crippen molar-refractivity contribution in [2.45, 2.75) is 32.6 Å². The first-order valence-electron chi connectivity index (χ1n) is 6.87. The minimum absolute atomic E-state index is 0.139. The van der Waals surface area contributed by atoms with Crippen molar-refractivity contribution < 1.29 is 4.79 Å². The summed E-state index contributed by atoms with van der Waals surface area (Å²) in [5, 5.41) is 0. The fourth-order valence-corrected chi connectivity index (χ4v) is 2.57. The van der Waals surface area contributed by atoms with Crippen molar-refractivity contribution in [3.8, 4) is 0 Å². The molecule has 1 amide bonds. The van der Waals surface area contributed by atoms with Gasteiger partial charge in [0.25, 0.3) is 5.91 Å². The van der Waals surface area contributed by atoms with Gasteiger partial charge in [0.1, 0.15) is 0 Å². The predicted molar refractivity (Wildman–Crippen MR) is 73.7 cm³/mol. The van der Waals surface area contributed by atoms with Crippen LogP contribution >= 0.6 is 0 Å². The zero-order valence-corrected chi connectivity index (χ0v) is 11.1. The number of aryl methyl sites for hydroxylation is 2. The molecular formula is C15H22N2O. The van der Waals surface area contributed by atoms with E-state index in [1.165, 1.54) is 17.5 Å². The van der Waals surface area contributed by atoms with Crippen molar-refractivity contribution in [3.63, 3.8) is 0 Å². The summed E-state index contributed by atoms with van der Waals surface area (Å²) in [5.41, 5.74) is 9.11. The second-order valence-corrected chi connectivity index (χ2v) is 4.86. The molecule has 2 N–H and O–H groups in total. The van der Waals surface area contributed by atoms with Crippen LogP contribution in [0, 0.1) is 0 Å². The monoisotopic (exact) mass is 246 g/mol. The van der Waals surface area contributed by atoms with Crippen molar-refractivity contribution in [1.29, 1.82) is 0 Å². The molecule has 1 aromatic rings. The van der Waals surface area contributed by atoms with Crippen LogP contribution in [0.4, 0.5) is 0 Å². The molecule has 2 rings (SSSR count). The molecule has 0 radical (unpaired) electrons. The van der Waals surface area contributed by atoms with Gasteiger partial charge in [-0.3, -0.25) is 4.79 Å². The van der Waals surface area contributed by atoms with E-state index in [0.717, 1.165) is 37.9 Å². The standard InChI is InChI=1S/C15H22N2O/c1-2-17(10-4-9-16)15(18)14-8-7-12-5-3-6-13(12)11-14/h7-8,11H,2-6,9-10,16H2,1H3. The van der Waals surface area contributed by atoms with Crippen LogP contribution in [-0.2, 0) is 12.8 Å². The van der Waals surface area contributed by atoms with Crippen LogP contribution in [0.25, 0.3) is 0 Å². The van der Waals surface area contributed by atoms with Gasteiger partial charge in [0, 0.05) is 18.7 Å². The average molecular weight is 246 g/mol. The number of hydrogen-bond donors (Lipinski definition) is 1. The summed E-state index contributed by atoms with van der Waals surface area (Å²) in [6.45, 7) is 4.15. The van der Waals surface area contributed by atoms with Crippen molar-refractivity contribution in [3.05, 3.63) is 34.9 Å². The molecule has 0 atom stereocenters. The number of benzene rings is 1. The molecule has 0 unspecified atom stereocenters. The number of carbonyl (C=O) groups is 1. The third-order valence-corrected chi connectivity index (χ3v) is 3.65. The van der Waals surface area contributed by atoms with E-state index in [1.54, 1.807) is 0 Å². The molecule has 0 spiro atoms. The van der Waals surface area contributed by atoms with Crippen molar-refractivity contribution in [2.75, 3.05) is 19.6 Å². The molecule has 0 saturated heterocycles. The Bertz CT molecular complexity index is 429. The number of rotatable bonds is 5. The van der Waals surface area contributed by atoms with Gasteiger partial charge in [-0.05, 0) is 62.4 Å². The van der Waals surface area contributed by atoms with Crippen molar-refractivity contribution in [1.82, 2.24) is 4.90 Å². The van der Waals surface area contributed by atoms with Gasteiger partial charge in [-0.1, -0.05) is 6.07 Å². The Labute approximate surface area is 109 Å². The summed E-state index contributed by atoms with van der Waals surface area (Å²) in [6.07, 6.45) is 4.36. The Morgan fingerprint density at radius 3 is 2.83 bits per heavy atom. The molecule has 0 saturated carbocycles. The maximum Gasteiger partial charge on any atom is 0.253 e. The van der Waals surface area contributed by atoms with Gasteiger partial charge in [-0.2, -0.15) is 0 Å². The van der Waals surface area contributed by atoms with E-state index in [4.69, 9.17) is 5.73 Å². The van der Waals surface area contributed by atoms with E-state index in [2.05, 4.69) is 12.1 Å². The molecule has 1 aromatic carbocycles. The molecule has 3 heteroatoms. The first-order chi connectivity index (χ1) is 8.76. The van der Waals surface area contributed by atoms with Crippen LogP contribution in [-0.4, -0.2) is 30.4 Å². The molecule has 0 heterocycles. The van der Waals surface area contributed by atoms with E-state index in [9.17, 15) is 4.79 Å². The number of nitrogens with two attached hydrogens (primary N) is 1. The molecule has 0 aliphatic heterocycles. The molecule has 1 aliphatic rings. The molecule has 1 aliphatic carbocycles. The Kier molecular flexibility index (Phi) is 4.37. The molecule has 0 bridgehead atoms. The highest BCUT2D eigenvalue weighted by Gasteiger charge is 2.17. The molecule has 18 heavy (non-hydrogen) atoms. The summed E-state index contributed by atoms with van der Waals surface area (Å²) in [6, 6.07) is 6.17. The van der Waals surface area contributed by atoms with E-state index in [1.807, 2.05) is 17.9 Å². The Morgan fingerprint density at radius 2 is 2.11 bits per heavy atom. The zero-order chi connectivity index (χ0) is 13.0. The van der Waals surface area contributed by atoms with Gasteiger partial charge in [0.15, 0.2) is 0 Å². The summed E-state index contributed by atoms with van der Waals surface area (Å²) in [7, 11) is 0. The second-order valence-electron chi connectivity index (χ2n) is 4.86. The normalized spacial score (nSPS) is 13.4. The minimum Gasteiger partial charge on any atom is -0.339 e. The van der Waals surface area contributed by atoms with Crippen LogP contribution < -0.4 is 5.73 Å². The van der Waals surface area contributed by atoms with Gasteiger partial charge in [0.2, 0.25) is 0 Å². The highest BCUT2D eigenvalue weighted by Crippen LogP contribution is 2.23. The molecule has 3 nitrogen and oxygen atoms in total. The average Bonchev–Trinajstić information content (AvgIpc) is 2.86. The van der Waals surface area contributed by atoms with Crippen LogP contribution in [0.15, 0.2) is 18.2 Å². The number of carbonyl (C=O) groups excluding carboxylic acids is 1. The van der Waals surface area contributed by atoms with E-state index in [-0.39, 0.29) is 5.91 Å². The lowest BCUT2D eigenvalue weighted by Crippen LogP contribution is -2.32. The van der Waals surface area contributed by atoms with Crippen LogP contribution in [0.3, 0.4) is 0 Å². The van der Waals surface area contributed by atoms with Crippen LogP contribution in [0.1, 0.15) is 41.3 Å². The second kappa shape index (κ2) is 6.01. The highest BCUT2D eigenvalue weighted by molar-refractivity contribution is 5.94. The molecule has 0 fully saturated rings. The fourth-order valence-electron chi connectivity index (χ4n) is 2.57. The Balaban J connectivity index is 2.12. The molecule has 0 aromatic heterocycles. The number of amides is 1. The molecular weight excluding hydrogens is 224 g/mol. The van der Waals surface area contributed by atoms with Gasteiger partial charge in [-0.25, -0.2) is 0 Å². The first kappa shape index (κ1) is 13.1. The Morgan fingerprint density at radius 1 is 1.33 bits per heavy atom. The lowest BCUT2D eigenvalue weighted by molar-refractivity contribution is 0.0763. The Hall–Kier alpha value is -1.35. The van der Waals surface area contributed by atoms with Gasteiger partial charge in [-0.15, -0.1) is 0 Å². The zero-order valence-electron chi connectivity index (χ0n) is 11.1. The molecule has 98 valence electrons. The lowest BCUT2D eigenvalue weighted by atomic mass is 10.1. The van der Waals surface area contributed by atoms with E-state index < -0.39 is 0 Å². The van der Waals surface area contributed by atoms with E-state index in [0.29, 0.717) is 6.54 Å². The maximum absolute atomic E-state index is 12.4. The van der Waals surface area contributed by atoms with E-state index >= 15 is 0 Å². The quantitative estimate of drug-likeness (QED) is 0.863. The predicted octanol–water partition coefficient (Wildman–Crippen LogP) is 1.99. The third kappa shape index (κ3) is 2.72. The van der Waals surface area contributed by atoms with Crippen LogP contribution in [0.5, 0.6) is 0 Å². The minimum atomic E-state index is 0.139. The van der Waals surface area contributed by atoms with Gasteiger partial charge < -0.3 is 10.6 Å². The first-order valence-corrected chi connectivity index (χ1v) is 6.87. The lowest BCUT2D eigenvalue weighted by Gasteiger charge is -2.21. The van der Waals surface area contributed by atoms with Crippen molar-refractivity contribution >= 4 is 5.91 Å².